The van der Waals surface area contributed by atoms with Gasteiger partial charge in [0.15, 0.2) is 0 Å². The molecule has 0 aromatic heterocycles. The van der Waals surface area contributed by atoms with Crippen LogP contribution in [0.4, 0.5) is 0 Å². The molecule has 1 heterocycles. The van der Waals surface area contributed by atoms with E-state index < -0.39 is 0 Å². The molecule has 5 heteroatoms. The number of rotatable bonds is 5. The molecule has 0 atom stereocenters. The monoisotopic (exact) mass is 213 g/mol. The normalized spacial score (nSPS) is 17.5. The van der Waals surface area contributed by atoms with Gasteiger partial charge in [0.2, 0.25) is 0 Å². The summed E-state index contributed by atoms with van der Waals surface area (Å²) in [7, 11) is 0. The first-order valence-corrected chi connectivity index (χ1v) is 5.49. The third kappa shape index (κ3) is 2.92. The summed E-state index contributed by atoms with van der Waals surface area (Å²) in [5.41, 5.74) is 0. The third-order valence-corrected chi connectivity index (χ3v) is 2.59. The Morgan fingerprint density at radius 2 is 1.73 bits per heavy atom. The second-order valence-electron chi connectivity index (χ2n) is 3.53. The lowest BCUT2D eigenvalue weighted by atomic mass is 10.3. The molecule has 15 heavy (non-hydrogen) atoms. The SMILES string of the molecule is CCNCCN1CCN(CC)C(=O)C1=O. The van der Waals surface area contributed by atoms with E-state index in [1.807, 2.05) is 13.8 Å². The average molecular weight is 213 g/mol. The van der Waals surface area contributed by atoms with E-state index in [2.05, 4.69) is 5.32 Å². The number of hydrogen-bond donors (Lipinski definition) is 1. The van der Waals surface area contributed by atoms with Gasteiger partial charge in [-0.1, -0.05) is 6.92 Å². The van der Waals surface area contributed by atoms with E-state index >= 15 is 0 Å². The van der Waals surface area contributed by atoms with E-state index in [1.54, 1.807) is 9.80 Å². The van der Waals surface area contributed by atoms with Crippen LogP contribution in [0.3, 0.4) is 0 Å². The van der Waals surface area contributed by atoms with Crippen molar-refractivity contribution in [1.29, 1.82) is 0 Å². The maximum absolute atomic E-state index is 11.6. The van der Waals surface area contributed by atoms with Gasteiger partial charge in [-0.15, -0.1) is 0 Å². The van der Waals surface area contributed by atoms with Crippen LogP contribution in [0.5, 0.6) is 0 Å². The first kappa shape index (κ1) is 12.0. The van der Waals surface area contributed by atoms with Crippen LogP contribution in [-0.2, 0) is 9.59 Å². The van der Waals surface area contributed by atoms with Crippen molar-refractivity contribution in [2.75, 3.05) is 39.3 Å². The predicted molar refractivity (Wildman–Crippen MR) is 57.4 cm³/mol. The van der Waals surface area contributed by atoms with Gasteiger partial charge in [0.05, 0.1) is 0 Å². The van der Waals surface area contributed by atoms with Crippen molar-refractivity contribution >= 4 is 11.8 Å². The lowest BCUT2D eigenvalue weighted by Crippen LogP contribution is -2.55. The van der Waals surface area contributed by atoms with Crippen molar-refractivity contribution in [1.82, 2.24) is 15.1 Å². The first-order chi connectivity index (χ1) is 7.20. The molecule has 0 aromatic carbocycles. The smallest absolute Gasteiger partial charge is 0.312 e. The van der Waals surface area contributed by atoms with Crippen LogP contribution in [0, 0.1) is 0 Å². The molecule has 2 amide bonds. The first-order valence-electron chi connectivity index (χ1n) is 5.49. The summed E-state index contributed by atoms with van der Waals surface area (Å²) < 4.78 is 0. The molecule has 0 radical (unpaired) electrons. The largest absolute Gasteiger partial charge is 0.333 e. The van der Waals surface area contributed by atoms with Gasteiger partial charge in [0.1, 0.15) is 0 Å². The van der Waals surface area contributed by atoms with E-state index in [0.29, 0.717) is 26.2 Å². The van der Waals surface area contributed by atoms with Gasteiger partial charge in [0.25, 0.3) is 0 Å². The minimum absolute atomic E-state index is 0.360. The predicted octanol–water partition coefficient (Wildman–Crippen LogP) is -0.713. The fourth-order valence-electron chi connectivity index (χ4n) is 1.62. The molecule has 0 aromatic rings. The van der Waals surface area contributed by atoms with Gasteiger partial charge in [0, 0.05) is 32.7 Å². The topological polar surface area (TPSA) is 52.6 Å². The zero-order chi connectivity index (χ0) is 11.3. The van der Waals surface area contributed by atoms with Crippen molar-refractivity contribution in [3.8, 4) is 0 Å². The molecule has 0 unspecified atom stereocenters. The molecule has 1 N–H and O–H groups in total. The zero-order valence-corrected chi connectivity index (χ0v) is 9.45. The van der Waals surface area contributed by atoms with Gasteiger partial charge >= 0.3 is 11.8 Å². The highest BCUT2D eigenvalue weighted by molar-refractivity contribution is 6.35. The van der Waals surface area contributed by atoms with Crippen molar-refractivity contribution in [2.24, 2.45) is 0 Å². The maximum atomic E-state index is 11.6. The summed E-state index contributed by atoms with van der Waals surface area (Å²) in [6, 6.07) is 0. The molecular formula is C10H19N3O2. The molecule has 0 bridgehead atoms. The highest BCUT2D eigenvalue weighted by atomic mass is 16.2. The van der Waals surface area contributed by atoms with Gasteiger partial charge in [-0.05, 0) is 13.5 Å². The van der Waals surface area contributed by atoms with E-state index in [1.165, 1.54) is 0 Å². The number of nitrogens with zero attached hydrogens (tertiary/aromatic N) is 2. The summed E-state index contributed by atoms with van der Waals surface area (Å²) in [5.74, 6) is -0.721. The Balaban J connectivity index is 2.42. The summed E-state index contributed by atoms with van der Waals surface area (Å²) in [4.78, 5) is 26.3. The van der Waals surface area contributed by atoms with E-state index in [0.717, 1.165) is 13.1 Å². The number of likely N-dealkylation sites (N-methyl/N-ethyl adjacent to an activating group) is 2. The van der Waals surface area contributed by atoms with Crippen LogP contribution in [0.1, 0.15) is 13.8 Å². The quantitative estimate of drug-likeness (QED) is 0.485. The van der Waals surface area contributed by atoms with Crippen molar-refractivity contribution in [3.63, 3.8) is 0 Å². The fraction of sp³-hybridized carbons (Fsp3) is 0.800. The number of amides is 2. The lowest BCUT2D eigenvalue weighted by molar-refractivity contribution is -0.155. The Hall–Kier alpha value is -1.10. The van der Waals surface area contributed by atoms with E-state index in [-0.39, 0.29) is 11.8 Å². The standard InChI is InChI=1S/C10H19N3O2/c1-3-11-5-6-13-8-7-12(4-2)9(14)10(13)15/h11H,3-8H2,1-2H3. The maximum Gasteiger partial charge on any atom is 0.312 e. The summed E-state index contributed by atoms with van der Waals surface area (Å²) in [6.45, 7) is 8.10. The number of carbonyl (C=O) groups excluding carboxylic acids is 2. The second-order valence-corrected chi connectivity index (χ2v) is 3.53. The Morgan fingerprint density at radius 1 is 1.13 bits per heavy atom. The Morgan fingerprint density at radius 3 is 2.33 bits per heavy atom. The molecular weight excluding hydrogens is 194 g/mol. The fourth-order valence-corrected chi connectivity index (χ4v) is 1.62. The average Bonchev–Trinajstić information content (AvgIpc) is 2.25. The van der Waals surface area contributed by atoms with Gasteiger partial charge in [-0.3, -0.25) is 9.59 Å². The van der Waals surface area contributed by atoms with Crippen molar-refractivity contribution in [2.45, 2.75) is 13.8 Å². The number of hydrogen-bond acceptors (Lipinski definition) is 3. The highest BCUT2D eigenvalue weighted by Gasteiger charge is 2.30. The molecule has 1 saturated heterocycles. The Kier molecular flexibility index (Phi) is 4.55. The molecule has 0 aliphatic carbocycles. The van der Waals surface area contributed by atoms with Crippen LogP contribution >= 0.6 is 0 Å². The number of piperazine rings is 1. The molecule has 0 spiro atoms. The molecule has 1 fully saturated rings. The van der Waals surface area contributed by atoms with E-state index in [4.69, 9.17) is 0 Å². The second kappa shape index (κ2) is 5.70. The summed E-state index contributed by atoms with van der Waals surface area (Å²) >= 11 is 0. The number of carbonyl (C=O) groups is 2. The lowest BCUT2D eigenvalue weighted by Gasteiger charge is -2.33. The summed E-state index contributed by atoms with van der Waals surface area (Å²) in [5, 5.41) is 3.14. The third-order valence-electron chi connectivity index (χ3n) is 2.59. The molecule has 0 saturated carbocycles. The van der Waals surface area contributed by atoms with Gasteiger partial charge in [-0.2, -0.15) is 0 Å². The van der Waals surface area contributed by atoms with Crippen LogP contribution in [0.2, 0.25) is 0 Å². The van der Waals surface area contributed by atoms with Gasteiger partial charge < -0.3 is 15.1 Å². The molecule has 5 nitrogen and oxygen atoms in total. The van der Waals surface area contributed by atoms with E-state index in [9.17, 15) is 9.59 Å². The van der Waals surface area contributed by atoms with Crippen molar-refractivity contribution in [3.05, 3.63) is 0 Å². The highest BCUT2D eigenvalue weighted by Crippen LogP contribution is 2.03. The van der Waals surface area contributed by atoms with Crippen LogP contribution in [0.15, 0.2) is 0 Å². The molecule has 1 aliphatic rings. The van der Waals surface area contributed by atoms with Crippen LogP contribution in [-0.4, -0.2) is 60.9 Å². The molecule has 86 valence electrons. The Bertz CT molecular complexity index is 241. The van der Waals surface area contributed by atoms with Crippen LogP contribution in [0.25, 0.3) is 0 Å². The minimum Gasteiger partial charge on any atom is -0.333 e. The minimum atomic E-state index is -0.361. The van der Waals surface area contributed by atoms with Crippen LogP contribution < -0.4 is 5.32 Å². The van der Waals surface area contributed by atoms with Crippen molar-refractivity contribution < 1.29 is 9.59 Å². The number of nitrogens with one attached hydrogen (secondary N) is 1. The Labute approximate surface area is 90.4 Å². The van der Waals surface area contributed by atoms with Gasteiger partial charge in [-0.25, -0.2) is 0 Å². The molecule has 1 aliphatic heterocycles. The zero-order valence-electron chi connectivity index (χ0n) is 9.45. The molecule has 1 rings (SSSR count). The summed E-state index contributed by atoms with van der Waals surface area (Å²) in [6.07, 6.45) is 0.